The van der Waals surface area contributed by atoms with Gasteiger partial charge >= 0.3 is 11.9 Å². The molecule has 0 fully saturated rings. The van der Waals surface area contributed by atoms with Crippen molar-refractivity contribution in [1.29, 1.82) is 0 Å². The minimum Gasteiger partial charge on any atom is -0.480 e. The van der Waals surface area contributed by atoms with Crippen molar-refractivity contribution in [3.63, 3.8) is 0 Å². The summed E-state index contributed by atoms with van der Waals surface area (Å²) in [7, 11) is 2.31. The molecule has 2 atom stereocenters. The fraction of sp³-hybridized carbons (Fsp3) is 0.625. The van der Waals surface area contributed by atoms with Gasteiger partial charge in [0.25, 0.3) is 0 Å². The van der Waals surface area contributed by atoms with Crippen molar-refractivity contribution in [3.8, 4) is 0 Å². The summed E-state index contributed by atoms with van der Waals surface area (Å²) in [6.07, 6.45) is 0. The average molecular weight is 282 g/mol. The van der Waals surface area contributed by atoms with E-state index in [-0.39, 0.29) is 11.5 Å². The Bertz CT molecular complexity index is 300. The van der Waals surface area contributed by atoms with Crippen molar-refractivity contribution in [2.24, 2.45) is 5.73 Å². The lowest BCUT2D eigenvalue weighted by atomic mass is 10.3. The first kappa shape index (κ1) is 16.1. The Morgan fingerprint density at radius 2 is 1.71 bits per heavy atom. The van der Waals surface area contributed by atoms with Gasteiger partial charge in [-0.1, -0.05) is 21.6 Å². The zero-order valence-electron chi connectivity index (χ0n) is 9.08. The van der Waals surface area contributed by atoms with Gasteiger partial charge in [-0.3, -0.25) is 9.59 Å². The first-order valence-corrected chi connectivity index (χ1v) is 7.06. The van der Waals surface area contributed by atoms with E-state index >= 15 is 0 Å². The number of carboxylic acid groups (broad SMARTS) is 2. The van der Waals surface area contributed by atoms with Gasteiger partial charge in [-0.05, 0) is 0 Å². The minimum absolute atomic E-state index is 0.145. The summed E-state index contributed by atoms with van der Waals surface area (Å²) >= 11 is 0. The molecule has 5 N–H and O–H groups in total. The van der Waals surface area contributed by atoms with Crippen LogP contribution in [0.3, 0.4) is 0 Å². The zero-order valence-corrected chi connectivity index (χ0v) is 10.7. The Morgan fingerprint density at radius 1 is 1.18 bits per heavy atom. The van der Waals surface area contributed by atoms with Crippen LogP contribution in [0, 0.1) is 0 Å². The highest BCUT2D eigenvalue weighted by atomic mass is 33.1. The quantitative estimate of drug-likeness (QED) is 0.342. The first-order chi connectivity index (χ1) is 7.84. The van der Waals surface area contributed by atoms with E-state index in [1.165, 1.54) is 6.92 Å². The van der Waals surface area contributed by atoms with Crippen molar-refractivity contribution in [2.45, 2.75) is 19.0 Å². The van der Waals surface area contributed by atoms with Crippen LogP contribution in [-0.4, -0.2) is 51.6 Å². The van der Waals surface area contributed by atoms with E-state index < -0.39 is 29.9 Å². The Morgan fingerprint density at radius 3 is 2.12 bits per heavy atom. The third-order valence-electron chi connectivity index (χ3n) is 1.56. The molecule has 0 aromatic heterocycles. The Labute approximate surface area is 106 Å². The molecule has 0 aliphatic heterocycles. The number of hydrogen-bond acceptors (Lipinski definition) is 6. The number of carboxylic acids is 2. The molecule has 0 aliphatic carbocycles. The highest BCUT2D eigenvalue weighted by molar-refractivity contribution is 8.76. The third kappa shape index (κ3) is 7.88. The Balaban J connectivity index is 3.87. The molecule has 0 radical (unpaired) electrons. The third-order valence-corrected chi connectivity index (χ3v) is 4.01. The summed E-state index contributed by atoms with van der Waals surface area (Å²) < 4.78 is 0. The van der Waals surface area contributed by atoms with Gasteiger partial charge in [0.05, 0.1) is 0 Å². The molecule has 0 aliphatic rings. The number of rotatable bonds is 8. The van der Waals surface area contributed by atoms with Crippen molar-refractivity contribution in [1.82, 2.24) is 5.32 Å². The maximum absolute atomic E-state index is 10.7. The van der Waals surface area contributed by atoms with Crippen LogP contribution in [0.2, 0.25) is 0 Å². The van der Waals surface area contributed by atoms with Gasteiger partial charge in [-0.2, -0.15) is 0 Å². The van der Waals surface area contributed by atoms with Crippen molar-refractivity contribution < 1.29 is 24.6 Å². The van der Waals surface area contributed by atoms with E-state index in [9.17, 15) is 14.4 Å². The molecule has 0 saturated heterocycles. The number of carbonyl (C=O) groups excluding carboxylic acids is 1. The summed E-state index contributed by atoms with van der Waals surface area (Å²) in [5, 5.41) is 19.5. The van der Waals surface area contributed by atoms with E-state index in [0.29, 0.717) is 0 Å². The molecule has 7 nitrogen and oxygen atoms in total. The van der Waals surface area contributed by atoms with E-state index in [2.05, 4.69) is 5.32 Å². The maximum Gasteiger partial charge on any atom is 0.327 e. The highest BCUT2D eigenvalue weighted by Crippen LogP contribution is 2.22. The first-order valence-electron chi connectivity index (χ1n) is 4.57. The molecular weight excluding hydrogens is 268 g/mol. The van der Waals surface area contributed by atoms with Gasteiger partial charge in [0.1, 0.15) is 12.1 Å². The lowest BCUT2D eigenvalue weighted by Crippen LogP contribution is -2.41. The standard InChI is InChI=1S/C8H14N2O5S2/c1-4(11)10-6(8(14)15)3-17-16-2-5(9)7(12)13/h5-6H,2-3,9H2,1H3,(H,10,11)(H,12,13)(H,14,15). The normalized spacial score (nSPS) is 13.8. The Hall–Kier alpha value is -0.930. The van der Waals surface area contributed by atoms with E-state index in [4.69, 9.17) is 15.9 Å². The van der Waals surface area contributed by atoms with Crippen LogP contribution in [0.5, 0.6) is 0 Å². The summed E-state index contributed by atoms with van der Waals surface area (Å²) in [6, 6.07) is -1.96. The van der Waals surface area contributed by atoms with Crippen LogP contribution in [-0.2, 0) is 14.4 Å². The molecular formula is C8H14N2O5S2. The van der Waals surface area contributed by atoms with Crippen LogP contribution in [0.25, 0.3) is 0 Å². The number of aliphatic carboxylic acids is 2. The molecule has 0 bridgehead atoms. The second-order valence-corrected chi connectivity index (χ2v) is 5.66. The second-order valence-electron chi connectivity index (χ2n) is 3.11. The molecule has 0 aromatic rings. The van der Waals surface area contributed by atoms with E-state index in [1.54, 1.807) is 0 Å². The van der Waals surface area contributed by atoms with Crippen molar-refractivity contribution in [3.05, 3.63) is 0 Å². The molecule has 0 saturated carbocycles. The zero-order chi connectivity index (χ0) is 13.4. The molecule has 0 rings (SSSR count). The SMILES string of the molecule is CC(=O)NC(CSSCC(N)C(=O)O)C(=O)O. The molecule has 0 aromatic carbocycles. The fourth-order valence-electron chi connectivity index (χ4n) is 0.729. The number of nitrogens with two attached hydrogens (primary N) is 1. The molecule has 9 heteroatoms. The summed E-state index contributed by atoms with van der Waals surface area (Å²) in [5.74, 6) is -2.34. The summed E-state index contributed by atoms with van der Waals surface area (Å²) in [6.45, 7) is 1.23. The van der Waals surface area contributed by atoms with Crippen LogP contribution in [0.1, 0.15) is 6.92 Å². The topological polar surface area (TPSA) is 130 Å². The molecule has 0 spiro atoms. The van der Waals surface area contributed by atoms with Crippen LogP contribution < -0.4 is 11.1 Å². The van der Waals surface area contributed by atoms with Crippen LogP contribution >= 0.6 is 21.6 Å². The van der Waals surface area contributed by atoms with Gasteiger partial charge in [0, 0.05) is 18.4 Å². The number of hydrogen-bond donors (Lipinski definition) is 4. The van der Waals surface area contributed by atoms with Gasteiger partial charge in [-0.25, -0.2) is 4.79 Å². The summed E-state index contributed by atoms with van der Waals surface area (Å²) in [5.41, 5.74) is 5.25. The van der Waals surface area contributed by atoms with Gasteiger partial charge in [-0.15, -0.1) is 0 Å². The minimum atomic E-state index is -1.13. The Kier molecular flexibility index (Phi) is 7.75. The molecule has 0 heterocycles. The fourth-order valence-corrected chi connectivity index (χ4v) is 3.00. The number of amides is 1. The molecule has 2 unspecified atom stereocenters. The van der Waals surface area contributed by atoms with Gasteiger partial charge in [0.2, 0.25) is 5.91 Å². The van der Waals surface area contributed by atoms with E-state index in [0.717, 1.165) is 21.6 Å². The molecule has 1 amide bonds. The lowest BCUT2D eigenvalue weighted by Gasteiger charge is -2.12. The molecule has 17 heavy (non-hydrogen) atoms. The van der Waals surface area contributed by atoms with Crippen molar-refractivity contribution >= 4 is 39.4 Å². The predicted molar refractivity (Wildman–Crippen MR) is 65.8 cm³/mol. The maximum atomic E-state index is 10.7. The number of carbonyl (C=O) groups is 3. The molecule has 98 valence electrons. The van der Waals surface area contributed by atoms with Gasteiger partial charge < -0.3 is 21.3 Å². The van der Waals surface area contributed by atoms with E-state index in [1.807, 2.05) is 0 Å². The average Bonchev–Trinajstić information content (AvgIpc) is 2.21. The van der Waals surface area contributed by atoms with Crippen molar-refractivity contribution in [2.75, 3.05) is 11.5 Å². The van der Waals surface area contributed by atoms with Crippen LogP contribution in [0.4, 0.5) is 0 Å². The van der Waals surface area contributed by atoms with Gasteiger partial charge in [0.15, 0.2) is 0 Å². The highest BCUT2D eigenvalue weighted by Gasteiger charge is 2.19. The predicted octanol–water partition coefficient (Wildman–Crippen LogP) is -0.631. The largest absolute Gasteiger partial charge is 0.480 e. The van der Waals surface area contributed by atoms with Crippen LogP contribution in [0.15, 0.2) is 0 Å². The lowest BCUT2D eigenvalue weighted by molar-refractivity contribution is -0.140. The smallest absolute Gasteiger partial charge is 0.327 e. The second kappa shape index (κ2) is 8.20. The number of nitrogens with one attached hydrogen (secondary N) is 1. The monoisotopic (exact) mass is 282 g/mol. The summed E-state index contributed by atoms with van der Waals surface area (Å²) in [4.78, 5) is 31.8.